The average Bonchev–Trinajstić information content (AvgIpc) is 3.15. The van der Waals surface area contributed by atoms with E-state index in [1.165, 1.54) is 24.3 Å². The summed E-state index contributed by atoms with van der Waals surface area (Å²) in [6.07, 6.45) is 1.56. The van der Waals surface area contributed by atoms with Gasteiger partial charge in [0.1, 0.15) is 11.5 Å². The molecule has 0 saturated heterocycles. The van der Waals surface area contributed by atoms with Crippen LogP contribution in [0.5, 0.6) is 0 Å². The van der Waals surface area contributed by atoms with Gasteiger partial charge in [0.2, 0.25) is 0 Å². The summed E-state index contributed by atoms with van der Waals surface area (Å²) in [6.45, 7) is 0. The first-order valence-corrected chi connectivity index (χ1v) is 7.87. The summed E-state index contributed by atoms with van der Waals surface area (Å²) in [5.74, 6) is -1.05. The monoisotopic (exact) mass is 359 g/mol. The lowest BCUT2D eigenvalue weighted by atomic mass is 10.0. The molecule has 27 heavy (non-hydrogen) atoms. The van der Waals surface area contributed by atoms with Crippen LogP contribution in [0.2, 0.25) is 0 Å². The minimum absolute atomic E-state index is 0.140. The highest BCUT2D eigenvalue weighted by molar-refractivity contribution is 5.92. The number of carbonyl (C=O) groups is 2. The predicted molar refractivity (Wildman–Crippen MR) is 98.0 cm³/mol. The number of furan rings is 1. The van der Waals surface area contributed by atoms with E-state index in [2.05, 4.69) is 6.07 Å². The molecule has 0 saturated carbocycles. The first-order valence-electron chi connectivity index (χ1n) is 7.87. The Balaban J connectivity index is 1.87. The fourth-order valence-corrected chi connectivity index (χ4v) is 2.48. The maximum atomic E-state index is 10.9. The van der Waals surface area contributed by atoms with Gasteiger partial charge in [-0.3, -0.25) is 0 Å². The number of hydrogen-bond donors (Lipinski definition) is 2. The van der Waals surface area contributed by atoms with Crippen LogP contribution >= 0.6 is 0 Å². The maximum absolute atomic E-state index is 10.9. The second-order valence-electron chi connectivity index (χ2n) is 5.64. The predicted octanol–water partition coefficient (Wildman–Crippen LogP) is 4.41. The van der Waals surface area contributed by atoms with Crippen molar-refractivity contribution in [1.29, 1.82) is 5.26 Å². The van der Waals surface area contributed by atoms with Crippen molar-refractivity contribution < 1.29 is 24.2 Å². The fraction of sp³-hybridized carbons (Fsp3) is 0. The van der Waals surface area contributed by atoms with Crippen LogP contribution in [-0.4, -0.2) is 22.2 Å². The Kier molecular flexibility index (Phi) is 4.86. The molecule has 6 nitrogen and oxygen atoms in total. The van der Waals surface area contributed by atoms with E-state index in [1.807, 2.05) is 0 Å². The van der Waals surface area contributed by atoms with Crippen molar-refractivity contribution in [1.82, 2.24) is 0 Å². The lowest BCUT2D eigenvalue weighted by Crippen LogP contribution is -1.95. The zero-order valence-corrected chi connectivity index (χ0v) is 13.9. The van der Waals surface area contributed by atoms with E-state index < -0.39 is 11.9 Å². The topological polar surface area (TPSA) is 112 Å². The molecule has 0 unspecified atom stereocenters. The number of nitrogens with zero attached hydrogens (tertiary/aromatic N) is 1. The van der Waals surface area contributed by atoms with Crippen LogP contribution in [0.25, 0.3) is 23.0 Å². The summed E-state index contributed by atoms with van der Waals surface area (Å²) < 4.78 is 5.72. The van der Waals surface area contributed by atoms with Gasteiger partial charge in [0, 0.05) is 5.56 Å². The Bertz CT molecular complexity index is 1070. The molecule has 0 amide bonds. The molecule has 1 aromatic heterocycles. The molecule has 0 aliphatic rings. The summed E-state index contributed by atoms with van der Waals surface area (Å²) in [5, 5.41) is 27.3. The van der Waals surface area contributed by atoms with Crippen molar-refractivity contribution in [2.24, 2.45) is 0 Å². The highest BCUT2D eigenvalue weighted by Crippen LogP contribution is 2.25. The smallest absolute Gasteiger partial charge is 0.335 e. The van der Waals surface area contributed by atoms with E-state index >= 15 is 0 Å². The van der Waals surface area contributed by atoms with Crippen molar-refractivity contribution in [3.63, 3.8) is 0 Å². The summed E-state index contributed by atoms with van der Waals surface area (Å²) >= 11 is 0. The number of aromatic carboxylic acids is 2. The molecule has 0 fully saturated rings. The van der Waals surface area contributed by atoms with Crippen LogP contribution in [0.1, 0.15) is 32.0 Å². The molecule has 3 aromatic rings. The summed E-state index contributed by atoms with van der Waals surface area (Å²) in [6, 6.07) is 17.7. The van der Waals surface area contributed by atoms with E-state index in [9.17, 15) is 14.9 Å². The van der Waals surface area contributed by atoms with Gasteiger partial charge in [0.05, 0.1) is 22.8 Å². The van der Waals surface area contributed by atoms with Gasteiger partial charge in [0.25, 0.3) is 0 Å². The Morgan fingerprint density at radius 2 is 1.33 bits per heavy atom. The molecule has 0 aliphatic carbocycles. The maximum Gasteiger partial charge on any atom is 0.335 e. The third kappa shape index (κ3) is 3.94. The Labute approximate surface area is 154 Å². The molecular formula is C21H13NO5. The van der Waals surface area contributed by atoms with Crippen LogP contribution in [-0.2, 0) is 0 Å². The number of benzene rings is 2. The fourth-order valence-electron chi connectivity index (χ4n) is 2.48. The summed E-state index contributed by atoms with van der Waals surface area (Å²) in [4.78, 5) is 21.8. The molecule has 0 radical (unpaired) electrons. The van der Waals surface area contributed by atoms with E-state index in [4.69, 9.17) is 14.6 Å². The Hall–Kier alpha value is -4.11. The zero-order valence-electron chi connectivity index (χ0n) is 13.9. The Morgan fingerprint density at radius 3 is 1.85 bits per heavy atom. The van der Waals surface area contributed by atoms with Crippen molar-refractivity contribution >= 4 is 23.6 Å². The second kappa shape index (κ2) is 7.42. The highest BCUT2D eigenvalue weighted by atomic mass is 16.4. The third-order valence-electron chi connectivity index (χ3n) is 3.89. The molecule has 2 aromatic carbocycles. The van der Waals surface area contributed by atoms with Gasteiger partial charge in [-0.2, -0.15) is 5.26 Å². The van der Waals surface area contributed by atoms with Gasteiger partial charge in [-0.05, 0) is 48.0 Å². The van der Waals surface area contributed by atoms with Gasteiger partial charge in [0.15, 0.2) is 0 Å². The van der Waals surface area contributed by atoms with E-state index in [-0.39, 0.29) is 11.1 Å². The molecule has 3 rings (SSSR count). The van der Waals surface area contributed by atoms with Crippen LogP contribution < -0.4 is 0 Å². The minimum atomic E-state index is -1.03. The number of hydrogen-bond acceptors (Lipinski definition) is 4. The number of rotatable bonds is 5. The molecule has 0 spiro atoms. The van der Waals surface area contributed by atoms with E-state index in [1.54, 1.807) is 42.5 Å². The van der Waals surface area contributed by atoms with Crippen LogP contribution in [0.15, 0.2) is 65.1 Å². The normalized spacial score (nSPS) is 11.0. The van der Waals surface area contributed by atoms with E-state index in [0.717, 1.165) is 0 Å². The highest BCUT2D eigenvalue weighted by Gasteiger charge is 2.09. The van der Waals surface area contributed by atoms with Crippen molar-refractivity contribution in [2.45, 2.75) is 0 Å². The second-order valence-corrected chi connectivity index (χ2v) is 5.64. The lowest BCUT2D eigenvalue weighted by molar-refractivity contribution is 0.0686. The molecule has 6 heteroatoms. The van der Waals surface area contributed by atoms with Gasteiger partial charge in [-0.1, -0.05) is 24.3 Å². The SMILES string of the molecule is N#CC(=Cc1ccc(-c2ccc(C(=O)O)cc2)o1)c1ccc(C(=O)O)cc1. The van der Waals surface area contributed by atoms with Gasteiger partial charge < -0.3 is 14.6 Å². The van der Waals surface area contributed by atoms with Crippen molar-refractivity contribution in [2.75, 3.05) is 0 Å². The molecular weight excluding hydrogens is 346 g/mol. The molecule has 2 N–H and O–H groups in total. The first kappa shape index (κ1) is 17.7. The number of allylic oxidation sites excluding steroid dienone is 1. The quantitative estimate of drug-likeness (QED) is 0.653. The van der Waals surface area contributed by atoms with Crippen LogP contribution in [0, 0.1) is 11.3 Å². The van der Waals surface area contributed by atoms with Crippen molar-refractivity contribution in [3.05, 3.63) is 83.1 Å². The van der Waals surface area contributed by atoms with Gasteiger partial charge >= 0.3 is 11.9 Å². The average molecular weight is 359 g/mol. The molecule has 0 atom stereocenters. The molecule has 0 bridgehead atoms. The molecule has 0 aliphatic heterocycles. The van der Waals surface area contributed by atoms with E-state index in [0.29, 0.717) is 28.2 Å². The van der Waals surface area contributed by atoms with Crippen LogP contribution in [0.4, 0.5) is 0 Å². The first-order chi connectivity index (χ1) is 13.0. The molecule has 132 valence electrons. The van der Waals surface area contributed by atoms with Gasteiger partial charge in [-0.25, -0.2) is 9.59 Å². The lowest BCUT2D eigenvalue weighted by Gasteiger charge is -2.00. The number of nitriles is 1. The molecule has 1 heterocycles. The van der Waals surface area contributed by atoms with Gasteiger partial charge in [-0.15, -0.1) is 0 Å². The summed E-state index contributed by atoms with van der Waals surface area (Å²) in [5.41, 5.74) is 1.94. The third-order valence-corrected chi connectivity index (χ3v) is 3.89. The standard InChI is InChI=1S/C21H13NO5/c22-12-17(13-1-5-15(6-2-13)20(23)24)11-18-9-10-19(27-18)14-3-7-16(8-4-14)21(25)26/h1-11H,(H,23,24)(H,25,26). The zero-order chi connectivity index (χ0) is 19.4. The van der Waals surface area contributed by atoms with Crippen molar-refractivity contribution in [3.8, 4) is 17.4 Å². The largest absolute Gasteiger partial charge is 0.478 e. The van der Waals surface area contributed by atoms with Crippen LogP contribution in [0.3, 0.4) is 0 Å². The summed E-state index contributed by atoms with van der Waals surface area (Å²) in [7, 11) is 0. The minimum Gasteiger partial charge on any atom is -0.478 e. The Morgan fingerprint density at radius 1 is 0.815 bits per heavy atom. The number of carboxylic acid groups (broad SMARTS) is 2. The number of carboxylic acids is 2.